The molecule has 0 aliphatic carbocycles. The Labute approximate surface area is 242 Å². The molecule has 0 aliphatic heterocycles. The zero-order valence-corrected chi connectivity index (χ0v) is 22.0. The zero-order chi connectivity index (χ0) is 30.4. The first-order chi connectivity index (χ1) is 22.0. The normalized spacial score (nSPS) is 13.3. The molecule has 190 valence electrons. The smallest absolute Gasteiger partial charge is 0.136 e. The molecule has 9 aromatic rings. The van der Waals surface area contributed by atoms with Gasteiger partial charge in [-0.15, -0.1) is 0 Å². The number of benzene rings is 8. The highest BCUT2D eigenvalue weighted by molar-refractivity contribution is 6.20. The van der Waals surface area contributed by atoms with Crippen molar-refractivity contribution in [2.24, 2.45) is 0 Å². The Morgan fingerprint density at radius 2 is 1.07 bits per heavy atom. The van der Waals surface area contributed by atoms with E-state index in [9.17, 15) is 5.48 Å². The summed E-state index contributed by atoms with van der Waals surface area (Å²) >= 11 is 0. The maximum Gasteiger partial charge on any atom is 0.136 e. The first-order valence-corrected chi connectivity index (χ1v) is 13.8. The maximum atomic E-state index is 9.40. The van der Waals surface area contributed by atoms with E-state index in [2.05, 4.69) is 36.4 Å². The van der Waals surface area contributed by atoms with Gasteiger partial charge in [-0.3, -0.25) is 0 Å². The van der Waals surface area contributed by atoms with Gasteiger partial charge in [0.25, 0.3) is 0 Å². The average molecular weight is 525 g/mol. The molecule has 1 nitrogen and oxygen atoms in total. The SMILES string of the molecule is [2H]c1c([2H])c(-c2cccc3oc4cc5ccccc5cc4c23)c([2H])c([2H])c1-c1c2ccccc2cc2c1ccc1ccccc12. The largest absolute Gasteiger partial charge is 0.456 e. The summed E-state index contributed by atoms with van der Waals surface area (Å²) in [5.74, 6) is 0. The summed E-state index contributed by atoms with van der Waals surface area (Å²) in [6.45, 7) is 0. The first-order valence-electron chi connectivity index (χ1n) is 15.8. The van der Waals surface area contributed by atoms with Crippen LogP contribution in [-0.2, 0) is 0 Å². The minimum atomic E-state index is -0.0736. The molecule has 0 unspecified atom stereocenters. The molecule has 0 saturated heterocycles. The Hall–Kier alpha value is -5.40. The molecular formula is C40H24O. The summed E-state index contributed by atoms with van der Waals surface area (Å²) in [4.78, 5) is 0. The van der Waals surface area contributed by atoms with Gasteiger partial charge >= 0.3 is 0 Å². The summed E-state index contributed by atoms with van der Waals surface area (Å²) < 4.78 is 43.8. The maximum absolute atomic E-state index is 9.40. The topological polar surface area (TPSA) is 13.1 Å². The van der Waals surface area contributed by atoms with Gasteiger partial charge in [0.05, 0.1) is 5.48 Å². The van der Waals surface area contributed by atoms with Crippen LogP contribution in [0.5, 0.6) is 0 Å². The Kier molecular flexibility index (Phi) is 3.92. The molecule has 0 atom stereocenters. The summed E-state index contributed by atoms with van der Waals surface area (Å²) in [5.41, 5.74) is 3.28. The van der Waals surface area contributed by atoms with E-state index in [1.807, 2.05) is 84.9 Å². The lowest BCUT2D eigenvalue weighted by Gasteiger charge is -2.14. The number of furan rings is 1. The molecule has 0 N–H and O–H groups in total. The lowest BCUT2D eigenvalue weighted by atomic mass is 9.89. The van der Waals surface area contributed by atoms with Crippen LogP contribution in [0.25, 0.3) is 87.3 Å². The van der Waals surface area contributed by atoms with Crippen LogP contribution in [0.1, 0.15) is 5.48 Å². The van der Waals surface area contributed by atoms with Crippen LogP contribution in [-0.4, -0.2) is 0 Å². The fourth-order valence-electron chi connectivity index (χ4n) is 6.38. The van der Waals surface area contributed by atoms with Crippen molar-refractivity contribution in [3.05, 3.63) is 145 Å². The fraction of sp³-hybridized carbons (Fsp3) is 0. The fourth-order valence-corrected chi connectivity index (χ4v) is 6.38. The molecule has 0 amide bonds. The molecule has 1 heterocycles. The van der Waals surface area contributed by atoms with Crippen molar-refractivity contribution in [1.29, 1.82) is 0 Å². The van der Waals surface area contributed by atoms with Gasteiger partial charge in [0.15, 0.2) is 0 Å². The molecule has 0 saturated carbocycles. The second kappa shape index (κ2) is 8.55. The van der Waals surface area contributed by atoms with Gasteiger partial charge in [-0.1, -0.05) is 121 Å². The van der Waals surface area contributed by atoms with Crippen molar-refractivity contribution in [3.8, 4) is 22.3 Å². The van der Waals surface area contributed by atoms with E-state index in [1.54, 1.807) is 0 Å². The van der Waals surface area contributed by atoms with Gasteiger partial charge in [0.2, 0.25) is 0 Å². The summed E-state index contributed by atoms with van der Waals surface area (Å²) in [5, 5.41) is 9.78. The minimum Gasteiger partial charge on any atom is -0.456 e. The summed E-state index contributed by atoms with van der Waals surface area (Å²) in [6.07, 6.45) is 0. The number of fused-ring (bicyclic) bond motifs is 8. The second-order valence-electron chi connectivity index (χ2n) is 10.6. The Morgan fingerprint density at radius 1 is 0.415 bits per heavy atom. The summed E-state index contributed by atoms with van der Waals surface area (Å²) in [7, 11) is 0. The van der Waals surface area contributed by atoms with Gasteiger partial charge in [-0.05, 0) is 89.6 Å². The van der Waals surface area contributed by atoms with E-state index >= 15 is 0 Å². The lowest BCUT2D eigenvalue weighted by Crippen LogP contribution is -1.88. The van der Waals surface area contributed by atoms with Gasteiger partial charge in [-0.2, -0.15) is 0 Å². The second-order valence-corrected chi connectivity index (χ2v) is 10.6. The van der Waals surface area contributed by atoms with Crippen LogP contribution in [0, 0.1) is 0 Å². The van der Waals surface area contributed by atoms with Crippen LogP contribution in [0.3, 0.4) is 0 Å². The van der Waals surface area contributed by atoms with Crippen LogP contribution in [0.15, 0.2) is 150 Å². The van der Waals surface area contributed by atoms with Crippen LogP contribution in [0.2, 0.25) is 0 Å². The van der Waals surface area contributed by atoms with Crippen LogP contribution < -0.4 is 0 Å². The predicted octanol–water partition coefficient (Wildman–Crippen LogP) is 11.5. The highest BCUT2D eigenvalue weighted by atomic mass is 16.3. The molecule has 0 aliphatic rings. The third kappa shape index (κ3) is 3.36. The third-order valence-electron chi connectivity index (χ3n) is 8.28. The molecule has 1 heteroatoms. The molecule has 0 spiro atoms. The van der Waals surface area contributed by atoms with E-state index in [0.29, 0.717) is 16.7 Å². The van der Waals surface area contributed by atoms with E-state index < -0.39 is 0 Å². The molecular weight excluding hydrogens is 496 g/mol. The molecule has 41 heavy (non-hydrogen) atoms. The number of rotatable bonds is 2. The Morgan fingerprint density at radius 3 is 1.90 bits per heavy atom. The van der Waals surface area contributed by atoms with Crippen molar-refractivity contribution >= 4 is 65.0 Å². The van der Waals surface area contributed by atoms with Crippen LogP contribution >= 0.6 is 0 Å². The van der Waals surface area contributed by atoms with E-state index in [0.717, 1.165) is 65.0 Å². The zero-order valence-electron chi connectivity index (χ0n) is 26.0. The monoisotopic (exact) mass is 524 g/mol. The molecule has 8 aromatic carbocycles. The van der Waals surface area contributed by atoms with Crippen molar-refractivity contribution in [2.45, 2.75) is 0 Å². The van der Waals surface area contributed by atoms with Crippen molar-refractivity contribution in [1.82, 2.24) is 0 Å². The average Bonchev–Trinajstić information content (AvgIpc) is 3.44. The molecule has 0 fully saturated rings. The van der Waals surface area contributed by atoms with Gasteiger partial charge < -0.3 is 4.42 Å². The lowest BCUT2D eigenvalue weighted by molar-refractivity contribution is 0.669. The van der Waals surface area contributed by atoms with E-state index in [1.165, 1.54) is 0 Å². The van der Waals surface area contributed by atoms with Crippen molar-refractivity contribution < 1.29 is 9.90 Å². The highest BCUT2D eigenvalue weighted by Crippen LogP contribution is 2.42. The quantitative estimate of drug-likeness (QED) is 0.162. The van der Waals surface area contributed by atoms with Gasteiger partial charge in [0, 0.05) is 10.8 Å². The number of hydrogen-bond donors (Lipinski definition) is 0. The Balaban J connectivity index is 1.38. The standard InChI is InChI=1S/C40H24O/c1-2-10-29-24-38-36(22-28(29)9-1)40-32(14-7-15-37(40)41-38)26-16-18-27(19-17-26)39-33-13-6-4-11-30(33)23-35-31-12-5-3-8-25(31)20-21-34(35)39/h1-24H/i16D,17D,18D,19D. The molecule has 1 aromatic heterocycles. The summed E-state index contributed by atoms with van der Waals surface area (Å²) in [6, 6.07) is 40.0. The highest BCUT2D eigenvalue weighted by Gasteiger charge is 2.15. The number of hydrogen-bond acceptors (Lipinski definition) is 1. The van der Waals surface area contributed by atoms with E-state index in [-0.39, 0.29) is 29.7 Å². The van der Waals surface area contributed by atoms with Crippen molar-refractivity contribution in [3.63, 3.8) is 0 Å². The van der Waals surface area contributed by atoms with Crippen LogP contribution in [0.4, 0.5) is 0 Å². The van der Waals surface area contributed by atoms with Gasteiger partial charge in [-0.25, -0.2) is 0 Å². The molecule has 9 rings (SSSR count). The first kappa shape index (κ1) is 18.8. The Bertz CT molecular complexity index is 2680. The predicted molar refractivity (Wildman–Crippen MR) is 175 cm³/mol. The van der Waals surface area contributed by atoms with E-state index in [4.69, 9.17) is 4.42 Å². The third-order valence-corrected chi connectivity index (χ3v) is 8.28. The molecule has 0 bridgehead atoms. The molecule has 0 radical (unpaired) electrons. The minimum absolute atomic E-state index is 0.0629. The van der Waals surface area contributed by atoms with Gasteiger partial charge in [0.1, 0.15) is 11.2 Å². The van der Waals surface area contributed by atoms with Crippen molar-refractivity contribution in [2.75, 3.05) is 0 Å².